The van der Waals surface area contributed by atoms with Crippen molar-refractivity contribution in [2.24, 2.45) is 12.8 Å². The minimum Gasteiger partial charge on any atom is -0.367 e. The quantitative estimate of drug-likeness (QED) is 0.336. The zero-order chi connectivity index (χ0) is 24.1. The van der Waals surface area contributed by atoms with Gasteiger partial charge in [0.2, 0.25) is 0 Å². The van der Waals surface area contributed by atoms with Gasteiger partial charge in [-0.15, -0.1) is 11.3 Å². The summed E-state index contributed by atoms with van der Waals surface area (Å²) >= 11 is 1.49. The number of carbonyl (C=O) groups is 1. The summed E-state index contributed by atoms with van der Waals surface area (Å²) in [5, 5.41) is 7.89. The molecule has 0 aromatic carbocycles. The van der Waals surface area contributed by atoms with Crippen LogP contribution in [0.2, 0.25) is 0 Å². The number of aryl methyl sites for hydroxylation is 1. The first-order valence-electron chi connectivity index (χ1n) is 11.4. The minimum absolute atomic E-state index is 0.183. The van der Waals surface area contributed by atoms with Gasteiger partial charge in [-0.3, -0.25) is 4.79 Å². The van der Waals surface area contributed by atoms with Crippen molar-refractivity contribution >= 4 is 45.1 Å². The highest BCUT2D eigenvalue weighted by molar-refractivity contribution is 7.09. The Morgan fingerprint density at radius 1 is 1.29 bits per heavy atom. The molecule has 0 aliphatic heterocycles. The van der Waals surface area contributed by atoms with Crippen molar-refractivity contribution in [2.75, 3.05) is 5.32 Å². The van der Waals surface area contributed by atoms with Crippen molar-refractivity contribution in [1.82, 2.24) is 29.5 Å². The van der Waals surface area contributed by atoms with Gasteiger partial charge in [0.1, 0.15) is 28.6 Å². The van der Waals surface area contributed by atoms with Crippen molar-refractivity contribution in [2.45, 2.75) is 37.6 Å². The molecule has 11 heteroatoms. The van der Waals surface area contributed by atoms with Crippen molar-refractivity contribution < 1.29 is 9.18 Å². The molecule has 5 heterocycles. The van der Waals surface area contributed by atoms with E-state index in [2.05, 4.69) is 20.3 Å². The molecule has 0 bridgehead atoms. The summed E-state index contributed by atoms with van der Waals surface area (Å²) in [7, 11) is 1.94. The summed E-state index contributed by atoms with van der Waals surface area (Å²) in [5.74, 6) is 0.595. The van der Waals surface area contributed by atoms with E-state index in [1.165, 1.54) is 23.6 Å². The van der Waals surface area contributed by atoms with Gasteiger partial charge in [0.25, 0.3) is 5.91 Å². The number of hydrogen-bond donors (Lipinski definition) is 3. The van der Waals surface area contributed by atoms with Gasteiger partial charge in [-0.2, -0.15) is 0 Å². The summed E-state index contributed by atoms with van der Waals surface area (Å²) in [6.45, 7) is 0. The number of anilines is 1. The molecule has 178 valence electrons. The van der Waals surface area contributed by atoms with Crippen LogP contribution < -0.4 is 11.1 Å². The number of halogens is 1. The van der Waals surface area contributed by atoms with Crippen LogP contribution in [0, 0.1) is 5.82 Å². The lowest BCUT2D eigenvalue weighted by atomic mass is 9.86. The molecule has 4 N–H and O–H groups in total. The lowest BCUT2D eigenvalue weighted by Gasteiger charge is -2.29. The molecule has 5 aromatic heterocycles. The van der Waals surface area contributed by atoms with Crippen LogP contribution >= 0.6 is 11.3 Å². The van der Waals surface area contributed by atoms with Gasteiger partial charge in [0.05, 0.1) is 16.6 Å². The maximum atomic E-state index is 13.9. The van der Waals surface area contributed by atoms with Crippen LogP contribution in [-0.4, -0.2) is 41.4 Å². The Labute approximate surface area is 203 Å². The van der Waals surface area contributed by atoms with E-state index in [0.29, 0.717) is 28.1 Å². The van der Waals surface area contributed by atoms with Gasteiger partial charge in [-0.1, -0.05) is 6.42 Å². The van der Waals surface area contributed by atoms with Gasteiger partial charge >= 0.3 is 0 Å². The molecular formula is C24H23FN8OS. The summed E-state index contributed by atoms with van der Waals surface area (Å²) in [4.78, 5) is 32.8. The molecule has 0 spiro atoms. The number of pyridine rings is 1. The second kappa shape index (κ2) is 8.42. The number of nitrogens with two attached hydrogens (primary N) is 1. The molecule has 35 heavy (non-hydrogen) atoms. The first-order valence-corrected chi connectivity index (χ1v) is 12.3. The van der Waals surface area contributed by atoms with Crippen LogP contribution in [0.5, 0.6) is 0 Å². The number of carbonyl (C=O) groups excluding carboxylic acids is 1. The minimum atomic E-state index is -0.495. The van der Waals surface area contributed by atoms with Crippen molar-refractivity contribution in [3.8, 4) is 11.4 Å². The predicted molar refractivity (Wildman–Crippen MR) is 133 cm³/mol. The molecule has 2 unspecified atom stereocenters. The van der Waals surface area contributed by atoms with E-state index < -0.39 is 11.7 Å². The molecule has 6 rings (SSSR count). The molecule has 1 amide bonds. The largest absolute Gasteiger partial charge is 0.367 e. The normalized spacial score (nSPS) is 18.3. The number of amides is 1. The molecule has 5 aromatic rings. The monoisotopic (exact) mass is 490 g/mol. The number of hydrogen-bond acceptors (Lipinski definition) is 7. The average Bonchev–Trinajstić information content (AvgIpc) is 3.58. The Balaban J connectivity index is 1.34. The standard InChI is InChI=1S/C24H23FN8OS/c1-33-6-5-15-21(29-14-4-2-3-12(7-14)24-30-18(11-35-24)19(26)34)31-22(32-23(15)33)17-10-28-20-16(17)8-13(25)9-27-20/h5-6,8-12,14H,2-4,7H2,1H3,(H2,26,34)(H,27,28)(H,29,31,32). The maximum Gasteiger partial charge on any atom is 0.268 e. The second-order valence-corrected chi connectivity index (χ2v) is 9.84. The number of H-pyrrole nitrogens is 1. The Morgan fingerprint density at radius 2 is 2.17 bits per heavy atom. The highest BCUT2D eigenvalue weighted by Crippen LogP contribution is 2.37. The smallest absolute Gasteiger partial charge is 0.268 e. The van der Waals surface area contributed by atoms with E-state index in [9.17, 15) is 9.18 Å². The highest BCUT2D eigenvalue weighted by atomic mass is 32.1. The molecule has 0 saturated heterocycles. The Hall–Kier alpha value is -3.86. The van der Waals surface area contributed by atoms with E-state index in [1.807, 2.05) is 23.9 Å². The number of aromatic amines is 1. The number of nitrogens with one attached hydrogen (secondary N) is 2. The number of rotatable bonds is 5. The highest BCUT2D eigenvalue weighted by Gasteiger charge is 2.27. The van der Waals surface area contributed by atoms with Gasteiger partial charge in [0, 0.05) is 47.7 Å². The zero-order valence-electron chi connectivity index (χ0n) is 19.0. The van der Waals surface area contributed by atoms with Crippen LogP contribution in [0.25, 0.3) is 33.5 Å². The summed E-state index contributed by atoms with van der Waals surface area (Å²) in [6, 6.07) is 3.63. The first kappa shape index (κ1) is 21.7. The Bertz CT molecular complexity index is 1570. The van der Waals surface area contributed by atoms with E-state index in [-0.39, 0.29) is 12.0 Å². The zero-order valence-corrected chi connectivity index (χ0v) is 19.8. The van der Waals surface area contributed by atoms with Crippen molar-refractivity contribution in [1.29, 1.82) is 0 Å². The molecule has 0 radical (unpaired) electrons. The summed E-state index contributed by atoms with van der Waals surface area (Å²) in [6.07, 6.45) is 8.84. The lowest BCUT2D eigenvalue weighted by Crippen LogP contribution is -2.27. The van der Waals surface area contributed by atoms with Crippen LogP contribution in [-0.2, 0) is 7.05 Å². The van der Waals surface area contributed by atoms with E-state index in [0.717, 1.165) is 47.5 Å². The van der Waals surface area contributed by atoms with Crippen molar-refractivity contribution in [3.63, 3.8) is 0 Å². The van der Waals surface area contributed by atoms with Crippen LogP contribution in [0.1, 0.15) is 47.1 Å². The van der Waals surface area contributed by atoms with Crippen molar-refractivity contribution in [3.05, 3.63) is 52.6 Å². The number of primary amides is 1. The third-order valence-electron chi connectivity index (χ3n) is 6.60. The molecular weight excluding hydrogens is 467 g/mol. The van der Waals surface area contributed by atoms with Gasteiger partial charge < -0.3 is 20.6 Å². The summed E-state index contributed by atoms with van der Waals surface area (Å²) in [5.41, 5.74) is 7.78. The lowest BCUT2D eigenvalue weighted by molar-refractivity contribution is 0.0996. The summed E-state index contributed by atoms with van der Waals surface area (Å²) < 4.78 is 15.9. The van der Waals surface area contributed by atoms with Gasteiger partial charge in [0.15, 0.2) is 5.82 Å². The van der Waals surface area contributed by atoms with Crippen LogP contribution in [0.15, 0.2) is 36.1 Å². The van der Waals surface area contributed by atoms with E-state index in [1.54, 1.807) is 11.6 Å². The van der Waals surface area contributed by atoms with Gasteiger partial charge in [-0.25, -0.2) is 24.3 Å². The molecule has 1 fully saturated rings. The fraction of sp³-hybridized carbons (Fsp3) is 0.292. The fourth-order valence-electron chi connectivity index (χ4n) is 4.86. The predicted octanol–water partition coefficient (Wildman–Crippen LogP) is 4.34. The van der Waals surface area contributed by atoms with E-state index >= 15 is 0 Å². The molecule has 1 aliphatic carbocycles. The fourth-order valence-corrected chi connectivity index (χ4v) is 5.82. The molecule has 2 atom stereocenters. The Morgan fingerprint density at radius 3 is 3.00 bits per heavy atom. The Kier molecular flexibility index (Phi) is 5.21. The van der Waals surface area contributed by atoms with Gasteiger partial charge in [-0.05, 0) is 31.4 Å². The maximum absolute atomic E-state index is 13.9. The topological polar surface area (TPSA) is 127 Å². The number of nitrogens with zero attached hydrogens (tertiary/aromatic N) is 5. The second-order valence-electron chi connectivity index (χ2n) is 8.95. The number of thiazole rings is 1. The molecule has 9 nitrogen and oxygen atoms in total. The third-order valence-corrected chi connectivity index (χ3v) is 7.61. The van der Waals surface area contributed by atoms with Crippen LogP contribution in [0.3, 0.4) is 0 Å². The SMILES string of the molecule is Cn1ccc2c(NC3CCCC(c4nc(C(N)=O)cs4)C3)nc(-c3c[nH]c4ncc(F)cc34)nc21. The van der Waals surface area contributed by atoms with E-state index in [4.69, 9.17) is 15.7 Å². The van der Waals surface area contributed by atoms with Crippen LogP contribution in [0.4, 0.5) is 10.2 Å². The average molecular weight is 491 g/mol. The number of fused-ring (bicyclic) bond motifs is 2. The number of aromatic nitrogens is 6. The first-order chi connectivity index (χ1) is 17.0. The molecule has 1 aliphatic rings. The molecule has 1 saturated carbocycles. The third kappa shape index (κ3) is 3.91.